The largest absolute Gasteiger partial charge is 0.356 e. The highest BCUT2D eigenvalue weighted by Gasteiger charge is 2.15. The van der Waals surface area contributed by atoms with Crippen molar-refractivity contribution >= 4 is 5.82 Å². The first-order chi connectivity index (χ1) is 7.63. The van der Waals surface area contributed by atoms with Crippen molar-refractivity contribution in [3.05, 3.63) is 23.4 Å². The Labute approximate surface area is 98.7 Å². The van der Waals surface area contributed by atoms with E-state index in [1.54, 1.807) is 0 Å². The van der Waals surface area contributed by atoms with E-state index in [1.807, 2.05) is 13.0 Å². The van der Waals surface area contributed by atoms with E-state index in [0.29, 0.717) is 12.6 Å². The van der Waals surface area contributed by atoms with Crippen LogP contribution in [0.2, 0.25) is 0 Å². The first-order valence-electron chi connectivity index (χ1n) is 6.03. The lowest BCUT2D eigenvalue weighted by Crippen LogP contribution is -2.32. The third-order valence-corrected chi connectivity index (χ3v) is 3.14. The summed E-state index contributed by atoms with van der Waals surface area (Å²) in [5.41, 5.74) is 7.93. The van der Waals surface area contributed by atoms with E-state index in [1.165, 1.54) is 0 Å². The smallest absolute Gasteiger partial charge is 0.133 e. The fourth-order valence-electron chi connectivity index (χ4n) is 2.05. The molecule has 0 bridgehead atoms. The van der Waals surface area contributed by atoms with Gasteiger partial charge in [-0.05, 0) is 25.8 Å². The van der Waals surface area contributed by atoms with Gasteiger partial charge in [0.1, 0.15) is 5.82 Å². The molecule has 0 atom stereocenters. The van der Waals surface area contributed by atoms with Crippen molar-refractivity contribution in [3.8, 4) is 0 Å². The molecule has 0 aliphatic carbocycles. The van der Waals surface area contributed by atoms with E-state index in [2.05, 4.69) is 36.8 Å². The molecule has 0 unspecified atom stereocenters. The maximum atomic E-state index is 5.75. The van der Waals surface area contributed by atoms with E-state index in [9.17, 15) is 0 Å². The van der Waals surface area contributed by atoms with Gasteiger partial charge in [-0.3, -0.25) is 0 Å². The van der Waals surface area contributed by atoms with Crippen LogP contribution in [0.1, 0.15) is 37.9 Å². The Balaban J connectivity index is 3.04. The van der Waals surface area contributed by atoms with Crippen LogP contribution >= 0.6 is 0 Å². The summed E-state index contributed by atoms with van der Waals surface area (Å²) in [4.78, 5) is 6.87. The van der Waals surface area contributed by atoms with Gasteiger partial charge in [0.25, 0.3) is 0 Å². The van der Waals surface area contributed by atoms with Gasteiger partial charge in [0.05, 0.1) is 0 Å². The second-order valence-electron chi connectivity index (χ2n) is 4.22. The molecular weight excluding hydrogens is 198 g/mol. The van der Waals surface area contributed by atoms with Crippen LogP contribution in [0.3, 0.4) is 0 Å². The molecular formula is C13H23N3. The van der Waals surface area contributed by atoms with Crippen molar-refractivity contribution in [1.82, 2.24) is 4.98 Å². The van der Waals surface area contributed by atoms with Gasteiger partial charge in [-0.1, -0.05) is 19.9 Å². The molecule has 0 radical (unpaired) electrons. The Morgan fingerprint density at radius 2 is 1.94 bits per heavy atom. The predicted molar refractivity (Wildman–Crippen MR) is 69.6 cm³/mol. The molecule has 0 aromatic carbocycles. The lowest BCUT2D eigenvalue weighted by atomic mass is 10.1. The third-order valence-electron chi connectivity index (χ3n) is 3.14. The zero-order chi connectivity index (χ0) is 12.1. The molecule has 90 valence electrons. The Bertz CT molecular complexity index is 332. The van der Waals surface area contributed by atoms with Crippen LogP contribution in [0, 0.1) is 6.92 Å². The molecule has 1 heterocycles. The summed E-state index contributed by atoms with van der Waals surface area (Å²) >= 11 is 0. The molecule has 0 amide bonds. The minimum absolute atomic E-state index is 0.541. The topological polar surface area (TPSA) is 42.2 Å². The Morgan fingerprint density at radius 1 is 1.31 bits per heavy atom. The average Bonchev–Trinajstić information content (AvgIpc) is 2.30. The van der Waals surface area contributed by atoms with Gasteiger partial charge in [0.15, 0.2) is 0 Å². The van der Waals surface area contributed by atoms with Crippen LogP contribution in [-0.4, -0.2) is 18.1 Å². The minimum Gasteiger partial charge on any atom is -0.356 e. The van der Waals surface area contributed by atoms with Crippen molar-refractivity contribution < 1.29 is 0 Å². The summed E-state index contributed by atoms with van der Waals surface area (Å²) in [6, 6.07) is 4.64. The number of aromatic nitrogens is 1. The number of hydrogen-bond acceptors (Lipinski definition) is 3. The molecule has 1 rings (SSSR count). The standard InChI is InChI=1S/C13H23N3/c1-5-12(6-2)16(4)13-11(9-14)8-7-10(3)15-13/h7-8,12H,5-6,9,14H2,1-4H3. The molecule has 0 saturated heterocycles. The first-order valence-corrected chi connectivity index (χ1v) is 6.03. The number of hydrogen-bond donors (Lipinski definition) is 1. The molecule has 1 aromatic rings. The highest BCUT2D eigenvalue weighted by Crippen LogP contribution is 2.21. The number of aryl methyl sites for hydroxylation is 1. The Kier molecular flexibility index (Phi) is 4.74. The highest BCUT2D eigenvalue weighted by atomic mass is 15.2. The maximum Gasteiger partial charge on any atom is 0.133 e. The molecule has 0 spiro atoms. The second kappa shape index (κ2) is 5.85. The van der Waals surface area contributed by atoms with Crippen LogP contribution in [0.15, 0.2) is 12.1 Å². The van der Waals surface area contributed by atoms with Gasteiger partial charge in [-0.25, -0.2) is 4.98 Å². The van der Waals surface area contributed by atoms with Crippen LogP contribution in [0.25, 0.3) is 0 Å². The van der Waals surface area contributed by atoms with E-state index in [-0.39, 0.29) is 0 Å². The number of anilines is 1. The summed E-state index contributed by atoms with van der Waals surface area (Å²) in [6.07, 6.45) is 2.26. The van der Waals surface area contributed by atoms with Crippen molar-refractivity contribution in [1.29, 1.82) is 0 Å². The lowest BCUT2D eigenvalue weighted by Gasteiger charge is -2.29. The normalized spacial score (nSPS) is 10.9. The quantitative estimate of drug-likeness (QED) is 0.830. The van der Waals surface area contributed by atoms with Crippen LogP contribution in [0.5, 0.6) is 0 Å². The third kappa shape index (κ3) is 2.73. The number of nitrogens with two attached hydrogens (primary N) is 1. The number of rotatable bonds is 5. The molecule has 0 saturated carbocycles. The second-order valence-corrected chi connectivity index (χ2v) is 4.22. The molecule has 16 heavy (non-hydrogen) atoms. The van der Waals surface area contributed by atoms with Gasteiger partial charge in [-0.15, -0.1) is 0 Å². The van der Waals surface area contributed by atoms with Gasteiger partial charge in [0.2, 0.25) is 0 Å². The van der Waals surface area contributed by atoms with Gasteiger partial charge >= 0.3 is 0 Å². The summed E-state index contributed by atoms with van der Waals surface area (Å²) < 4.78 is 0. The van der Waals surface area contributed by atoms with Gasteiger partial charge < -0.3 is 10.6 Å². The maximum absolute atomic E-state index is 5.75. The van der Waals surface area contributed by atoms with E-state index >= 15 is 0 Å². The molecule has 0 aliphatic heterocycles. The molecule has 1 aromatic heterocycles. The van der Waals surface area contributed by atoms with Crippen LogP contribution in [0.4, 0.5) is 5.82 Å². The molecule has 0 aliphatic rings. The summed E-state index contributed by atoms with van der Waals surface area (Å²) in [5, 5.41) is 0. The summed E-state index contributed by atoms with van der Waals surface area (Å²) in [6.45, 7) is 6.99. The Hall–Kier alpha value is -1.09. The molecule has 3 nitrogen and oxygen atoms in total. The SMILES string of the molecule is CCC(CC)N(C)c1nc(C)ccc1CN. The first kappa shape index (κ1) is 13.0. The molecule has 0 fully saturated rings. The van der Waals surface area contributed by atoms with Crippen molar-refractivity contribution in [2.75, 3.05) is 11.9 Å². The fraction of sp³-hybridized carbons (Fsp3) is 0.615. The highest BCUT2D eigenvalue weighted by molar-refractivity contribution is 5.47. The lowest BCUT2D eigenvalue weighted by molar-refractivity contribution is 0.584. The fourth-order valence-corrected chi connectivity index (χ4v) is 2.05. The Morgan fingerprint density at radius 3 is 2.44 bits per heavy atom. The predicted octanol–water partition coefficient (Wildman–Crippen LogP) is 2.47. The van der Waals surface area contributed by atoms with Crippen molar-refractivity contribution in [2.24, 2.45) is 5.73 Å². The van der Waals surface area contributed by atoms with E-state index < -0.39 is 0 Å². The van der Waals surface area contributed by atoms with Gasteiger partial charge in [-0.2, -0.15) is 0 Å². The monoisotopic (exact) mass is 221 g/mol. The van der Waals surface area contributed by atoms with E-state index in [0.717, 1.165) is 29.9 Å². The number of pyridine rings is 1. The molecule has 3 heteroatoms. The molecule has 2 N–H and O–H groups in total. The summed E-state index contributed by atoms with van der Waals surface area (Å²) in [7, 11) is 2.11. The van der Waals surface area contributed by atoms with Gasteiger partial charge in [0, 0.05) is 30.9 Å². The zero-order valence-electron chi connectivity index (χ0n) is 10.8. The van der Waals surface area contributed by atoms with Crippen LogP contribution in [-0.2, 0) is 6.54 Å². The minimum atomic E-state index is 0.541. The zero-order valence-corrected chi connectivity index (χ0v) is 10.8. The average molecular weight is 221 g/mol. The number of nitrogens with zero attached hydrogens (tertiary/aromatic N) is 2. The van der Waals surface area contributed by atoms with Crippen molar-refractivity contribution in [2.45, 2.75) is 46.2 Å². The van der Waals surface area contributed by atoms with Crippen molar-refractivity contribution in [3.63, 3.8) is 0 Å². The van der Waals surface area contributed by atoms with Crippen LogP contribution < -0.4 is 10.6 Å². The van der Waals surface area contributed by atoms with E-state index in [4.69, 9.17) is 5.73 Å². The summed E-state index contributed by atoms with van der Waals surface area (Å²) in [5.74, 6) is 1.04.